The third-order valence-electron chi connectivity index (χ3n) is 1.72. The molecule has 0 aromatic heterocycles. The smallest absolute Gasteiger partial charge is 0.152 e. The fraction of sp³-hybridized carbons (Fsp3) is 0.182. The molecule has 1 heteroatoms. The Hall–Kier alpha value is -1.73. The Labute approximate surface area is 72.6 Å². The van der Waals surface area contributed by atoms with Gasteiger partial charge in [-0.25, -0.2) is 0 Å². The highest BCUT2D eigenvalue weighted by molar-refractivity contribution is 5.47. The van der Waals surface area contributed by atoms with Gasteiger partial charge in [0.2, 0.25) is 0 Å². The zero-order chi connectivity index (χ0) is 8.97. The summed E-state index contributed by atoms with van der Waals surface area (Å²) in [5.74, 6) is 5.22. The molecule has 1 nitrogen and oxygen atoms in total. The molecule has 0 aliphatic heterocycles. The predicted molar refractivity (Wildman–Crippen MR) is 48.4 cm³/mol. The molecule has 0 bridgehead atoms. The van der Waals surface area contributed by atoms with Gasteiger partial charge >= 0.3 is 0 Å². The van der Waals surface area contributed by atoms with E-state index in [9.17, 15) is 0 Å². The van der Waals surface area contributed by atoms with Crippen molar-refractivity contribution in [1.29, 1.82) is 5.26 Å². The van der Waals surface area contributed by atoms with Gasteiger partial charge in [-0.15, -0.1) is 0 Å². The first kappa shape index (κ1) is 8.37. The van der Waals surface area contributed by atoms with Crippen molar-refractivity contribution in [1.82, 2.24) is 0 Å². The van der Waals surface area contributed by atoms with E-state index >= 15 is 0 Å². The van der Waals surface area contributed by atoms with E-state index in [0.29, 0.717) is 0 Å². The van der Waals surface area contributed by atoms with Gasteiger partial charge in [0.05, 0.1) is 0 Å². The third kappa shape index (κ3) is 1.65. The van der Waals surface area contributed by atoms with Crippen LogP contribution >= 0.6 is 0 Å². The molecule has 1 rings (SSSR count). The van der Waals surface area contributed by atoms with Crippen LogP contribution in [-0.2, 0) is 0 Å². The van der Waals surface area contributed by atoms with E-state index in [4.69, 9.17) is 5.26 Å². The Bertz CT molecular complexity index is 365. The second-order valence-electron chi connectivity index (χ2n) is 2.63. The Morgan fingerprint density at radius 1 is 1.17 bits per heavy atom. The van der Waals surface area contributed by atoms with Crippen LogP contribution in [0.15, 0.2) is 18.2 Å². The minimum Gasteiger partial charge on any atom is -0.183 e. The van der Waals surface area contributed by atoms with Gasteiger partial charge in [0, 0.05) is 11.5 Å². The summed E-state index contributed by atoms with van der Waals surface area (Å²) in [6, 6.07) is 7.79. The summed E-state index contributed by atoms with van der Waals surface area (Å²) >= 11 is 0. The van der Waals surface area contributed by atoms with E-state index in [1.54, 1.807) is 0 Å². The van der Waals surface area contributed by atoms with E-state index < -0.39 is 0 Å². The second-order valence-corrected chi connectivity index (χ2v) is 2.63. The van der Waals surface area contributed by atoms with Crippen LogP contribution < -0.4 is 0 Å². The molecule has 0 radical (unpaired) electrons. The molecule has 0 N–H and O–H groups in total. The third-order valence-corrected chi connectivity index (χ3v) is 1.72. The molecule has 0 fully saturated rings. The van der Waals surface area contributed by atoms with Gasteiger partial charge < -0.3 is 0 Å². The van der Waals surface area contributed by atoms with E-state index in [1.807, 2.05) is 38.1 Å². The molecular weight excluding hydrogens is 146 g/mol. The SMILES string of the molecule is Cc1cccc(C)c1C#CC#N. The fourth-order valence-electron chi connectivity index (χ4n) is 1.10. The summed E-state index contributed by atoms with van der Waals surface area (Å²) in [6.45, 7) is 3.99. The number of hydrogen-bond acceptors (Lipinski definition) is 1. The highest BCUT2D eigenvalue weighted by Crippen LogP contribution is 2.10. The van der Waals surface area contributed by atoms with Crippen LogP contribution in [0.2, 0.25) is 0 Å². The number of hydrogen-bond donors (Lipinski definition) is 0. The molecular formula is C11H9N. The van der Waals surface area contributed by atoms with Crippen molar-refractivity contribution in [3.05, 3.63) is 34.9 Å². The maximum absolute atomic E-state index is 8.29. The lowest BCUT2D eigenvalue weighted by molar-refractivity contribution is 1.35. The van der Waals surface area contributed by atoms with E-state index in [1.165, 1.54) is 0 Å². The predicted octanol–water partition coefficient (Wildman–Crippen LogP) is 2.18. The number of nitriles is 1. The van der Waals surface area contributed by atoms with Gasteiger partial charge in [-0.1, -0.05) is 24.1 Å². The molecule has 0 saturated carbocycles. The highest BCUT2D eigenvalue weighted by Gasteiger charge is 1.96. The summed E-state index contributed by atoms with van der Waals surface area (Å²) in [6.07, 6.45) is 0. The molecule has 0 aliphatic rings. The summed E-state index contributed by atoms with van der Waals surface area (Å²) < 4.78 is 0. The maximum Gasteiger partial charge on any atom is 0.152 e. The van der Waals surface area contributed by atoms with Crippen molar-refractivity contribution < 1.29 is 0 Å². The lowest BCUT2D eigenvalue weighted by Crippen LogP contribution is -1.85. The first-order valence-electron chi connectivity index (χ1n) is 3.72. The molecule has 0 spiro atoms. The van der Waals surface area contributed by atoms with Crippen LogP contribution in [0.3, 0.4) is 0 Å². The Balaban J connectivity index is 3.24. The number of rotatable bonds is 0. The number of benzene rings is 1. The summed E-state index contributed by atoms with van der Waals surface area (Å²) in [5, 5.41) is 8.29. The standard InChI is InChI=1S/C11H9N/c1-9-5-3-6-10(2)11(9)7-4-8-12/h3,5-6H,1-2H3. The zero-order valence-electron chi connectivity index (χ0n) is 7.18. The minimum atomic E-state index is 0.971. The van der Waals surface area contributed by atoms with Gasteiger partial charge in [-0.3, -0.25) is 0 Å². The summed E-state index contributed by atoms with van der Waals surface area (Å²) in [5.41, 5.74) is 3.22. The molecule has 12 heavy (non-hydrogen) atoms. The van der Waals surface area contributed by atoms with E-state index in [0.717, 1.165) is 16.7 Å². The van der Waals surface area contributed by atoms with Gasteiger partial charge in [0.15, 0.2) is 6.07 Å². The van der Waals surface area contributed by atoms with Crippen molar-refractivity contribution in [2.24, 2.45) is 0 Å². The van der Waals surface area contributed by atoms with Crippen LogP contribution in [0.25, 0.3) is 0 Å². The van der Waals surface area contributed by atoms with Crippen LogP contribution in [0.4, 0.5) is 0 Å². The van der Waals surface area contributed by atoms with Gasteiger partial charge in [-0.05, 0) is 25.0 Å². The quantitative estimate of drug-likeness (QED) is 0.527. The van der Waals surface area contributed by atoms with Gasteiger partial charge in [0.1, 0.15) is 0 Å². The lowest BCUT2D eigenvalue weighted by atomic mass is 10.0. The Morgan fingerprint density at radius 2 is 1.75 bits per heavy atom. The maximum atomic E-state index is 8.29. The number of aryl methyl sites for hydroxylation is 2. The molecule has 58 valence electrons. The van der Waals surface area contributed by atoms with E-state index in [-0.39, 0.29) is 0 Å². The average molecular weight is 155 g/mol. The monoisotopic (exact) mass is 155 g/mol. The summed E-state index contributed by atoms with van der Waals surface area (Å²) in [4.78, 5) is 0. The van der Waals surface area contributed by atoms with Gasteiger partial charge in [-0.2, -0.15) is 5.26 Å². The average Bonchev–Trinajstić information content (AvgIpc) is 2.04. The van der Waals surface area contributed by atoms with Crippen LogP contribution in [0, 0.1) is 37.0 Å². The topological polar surface area (TPSA) is 23.8 Å². The molecule has 0 amide bonds. The van der Waals surface area contributed by atoms with Crippen molar-refractivity contribution >= 4 is 0 Å². The van der Waals surface area contributed by atoms with Crippen molar-refractivity contribution in [3.8, 4) is 17.9 Å². The first-order chi connectivity index (χ1) is 5.75. The molecule has 0 aliphatic carbocycles. The first-order valence-corrected chi connectivity index (χ1v) is 3.72. The van der Waals surface area contributed by atoms with Crippen LogP contribution in [0.5, 0.6) is 0 Å². The molecule has 1 aromatic carbocycles. The van der Waals surface area contributed by atoms with Crippen LogP contribution in [0.1, 0.15) is 16.7 Å². The fourth-order valence-corrected chi connectivity index (χ4v) is 1.10. The second kappa shape index (κ2) is 3.60. The van der Waals surface area contributed by atoms with E-state index in [2.05, 4.69) is 11.8 Å². The lowest BCUT2D eigenvalue weighted by Gasteiger charge is -2.00. The molecule has 0 unspecified atom stereocenters. The van der Waals surface area contributed by atoms with Crippen LogP contribution in [-0.4, -0.2) is 0 Å². The van der Waals surface area contributed by atoms with Crippen molar-refractivity contribution in [3.63, 3.8) is 0 Å². The molecule has 0 heterocycles. The number of nitrogens with zero attached hydrogens (tertiary/aromatic N) is 1. The Kier molecular flexibility index (Phi) is 2.51. The molecule has 0 saturated heterocycles. The largest absolute Gasteiger partial charge is 0.183 e. The zero-order valence-corrected chi connectivity index (χ0v) is 7.18. The Morgan fingerprint density at radius 3 is 2.25 bits per heavy atom. The van der Waals surface area contributed by atoms with Crippen molar-refractivity contribution in [2.45, 2.75) is 13.8 Å². The van der Waals surface area contributed by atoms with Crippen molar-refractivity contribution in [2.75, 3.05) is 0 Å². The minimum absolute atomic E-state index is 0.971. The van der Waals surface area contributed by atoms with Gasteiger partial charge in [0.25, 0.3) is 0 Å². The molecule has 1 aromatic rings. The molecule has 0 atom stereocenters. The normalized spacial score (nSPS) is 8.08. The highest BCUT2D eigenvalue weighted by atomic mass is 14.2. The summed E-state index contributed by atoms with van der Waals surface area (Å²) in [7, 11) is 0.